The van der Waals surface area contributed by atoms with Crippen molar-refractivity contribution in [1.29, 1.82) is 0 Å². The molecular weight excluding hydrogens is 462 g/mol. The van der Waals surface area contributed by atoms with E-state index in [4.69, 9.17) is 0 Å². The Kier molecular flexibility index (Phi) is 8.62. The Balaban J connectivity index is 1.12. The number of likely N-dealkylation sites (tertiary alicyclic amines) is 2. The topological polar surface area (TPSA) is 60.8 Å². The van der Waals surface area contributed by atoms with E-state index in [0.29, 0.717) is 23.5 Å². The number of amides is 2. The Labute approximate surface area is 221 Å². The fourth-order valence-corrected chi connectivity index (χ4v) is 6.43. The van der Waals surface area contributed by atoms with Gasteiger partial charge in [-0.2, -0.15) is 0 Å². The number of para-hydroxylation sites is 2. The summed E-state index contributed by atoms with van der Waals surface area (Å²) >= 11 is 0. The van der Waals surface area contributed by atoms with E-state index in [1.807, 2.05) is 43.6 Å². The van der Waals surface area contributed by atoms with Gasteiger partial charge >= 0.3 is 0 Å². The SMILES string of the molecule is Cn1ccc2c1C(=O)Nc1ccccc1N2C(=O)CCCN1CCCC(CCCCN2CCCCC2)C1. The van der Waals surface area contributed by atoms with E-state index in [-0.39, 0.29) is 11.8 Å². The Morgan fingerprint density at radius 3 is 2.57 bits per heavy atom. The van der Waals surface area contributed by atoms with Crippen LogP contribution in [0.5, 0.6) is 0 Å². The zero-order chi connectivity index (χ0) is 25.6. The summed E-state index contributed by atoms with van der Waals surface area (Å²) in [5, 5.41) is 2.98. The van der Waals surface area contributed by atoms with Crippen LogP contribution in [-0.2, 0) is 11.8 Å². The molecule has 1 atom stereocenters. The monoisotopic (exact) mass is 505 g/mol. The Bertz CT molecular complexity index is 1070. The third-order valence-electron chi connectivity index (χ3n) is 8.40. The number of fused-ring (bicyclic) bond motifs is 2. The first-order valence-corrected chi connectivity index (χ1v) is 14.4. The van der Waals surface area contributed by atoms with Crippen LogP contribution < -0.4 is 10.2 Å². The molecule has 7 heteroatoms. The largest absolute Gasteiger partial charge is 0.345 e. The second kappa shape index (κ2) is 12.3. The number of carbonyl (C=O) groups excluding carboxylic acids is 2. The molecule has 0 spiro atoms. The third kappa shape index (κ3) is 6.27. The number of piperidine rings is 2. The maximum atomic E-state index is 13.6. The summed E-state index contributed by atoms with van der Waals surface area (Å²) in [6, 6.07) is 9.45. The second-order valence-electron chi connectivity index (χ2n) is 11.2. The summed E-state index contributed by atoms with van der Waals surface area (Å²) in [7, 11) is 1.84. The molecular formula is C30H43N5O2. The molecule has 0 saturated carbocycles. The van der Waals surface area contributed by atoms with Crippen LogP contribution in [0.15, 0.2) is 36.5 Å². The molecule has 0 aliphatic carbocycles. The van der Waals surface area contributed by atoms with Crippen molar-refractivity contribution < 1.29 is 9.59 Å². The van der Waals surface area contributed by atoms with Gasteiger partial charge in [0, 0.05) is 26.2 Å². The summed E-state index contributed by atoms with van der Waals surface area (Å²) in [5.74, 6) is 0.662. The van der Waals surface area contributed by atoms with Crippen LogP contribution in [0, 0.1) is 5.92 Å². The number of aryl methyl sites for hydroxylation is 1. The van der Waals surface area contributed by atoms with Gasteiger partial charge in [-0.05, 0) is 102 Å². The highest BCUT2D eigenvalue weighted by Gasteiger charge is 2.31. The lowest BCUT2D eigenvalue weighted by molar-refractivity contribution is -0.118. The average molecular weight is 506 g/mol. The molecule has 5 rings (SSSR count). The van der Waals surface area contributed by atoms with Crippen LogP contribution in [0.25, 0.3) is 0 Å². The van der Waals surface area contributed by atoms with Gasteiger partial charge in [0.15, 0.2) is 0 Å². The fraction of sp³-hybridized carbons (Fsp3) is 0.600. The zero-order valence-electron chi connectivity index (χ0n) is 22.5. The van der Waals surface area contributed by atoms with Gasteiger partial charge in [0.2, 0.25) is 5.91 Å². The first kappa shape index (κ1) is 26.0. The quantitative estimate of drug-likeness (QED) is 0.464. The minimum Gasteiger partial charge on any atom is -0.345 e. The number of hydrogen-bond acceptors (Lipinski definition) is 4. The second-order valence-corrected chi connectivity index (χ2v) is 11.2. The normalized spacial score (nSPS) is 20.7. The van der Waals surface area contributed by atoms with Crippen LogP contribution >= 0.6 is 0 Å². The lowest BCUT2D eigenvalue weighted by atomic mass is 9.92. The van der Waals surface area contributed by atoms with E-state index in [2.05, 4.69) is 15.1 Å². The standard InChI is InChI=1S/C30H43N5O2/c1-32-22-16-27-29(32)30(37)31-25-13-3-4-14-26(25)35(27)28(36)15-10-21-34-20-9-12-24(23-34)11-5-8-19-33-17-6-2-7-18-33/h3-4,13-14,16,22,24H,2,5-12,15,17-21,23H2,1H3,(H,31,37). The maximum absolute atomic E-state index is 13.6. The van der Waals surface area contributed by atoms with Crippen molar-refractivity contribution in [3.8, 4) is 0 Å². The predicted molar refractivity (Wildman–Crippen MR) is 149 cm³/mol. The van der Waals surface area contributed by atoms with Crippen LogP contribution in [0.1, 0.15) is 74.7 Å². The van der Waals surface area contributed by atoms with Gasteiger partial charge in [0.25, 0.3) is 5.91 Å². The molecule has 37 heavy (non-hydrogen) atoms. The summed E-state index contributed by atoms with van der Waals surface area (Å²) in [6.07, 6.45) is 14.0. The van der Waals surface area contributed by atoms with E-state index < -0.39 is 0 Å². The molecule has 3 aliphatic heterocycles. The molecule has 7 nitrogen and oxygen atoms in total. The summed E-state index contributed by atoms with van der Waals surface area (Å²) < 4.78 is 1.79. The Hall–Kier alpha value is -2.64. The number of nitrogens with one attached hydrogen (secondary N) is 1. The number of aromatic nitrogens is 1. The highest BCUT2D eigenvalue weighted by atomic mass is 16.2. The molecule has 2 aromatic rings. The van der Waals surface area contributed by atoms with Crippen molar-refractivity contribution in [3.05, 3.63) is 42.2 Å². The lowest BCUT2D eigenvalue weighted by Gasteiger charge is -2.33. The first-order valence-electron chi connectivity index (χ1n) is 14.4. The highest BCUT2D eigenvalue weighted by Crippen LogP contribution is 2.38. The predicted octanol–water partition coefficient (Wildman–Crippen LogP) is 5.40. The van der Waals surface area contributed by atoms with Gasteiger partial charge in [-0.3, -0.25) is 14.5 Å². The molecule has 1 unspecified atom stereocenters. The molecule has 1 aromatic carbocycles. The average Bonchev–Trinajstić information content (AvgIpc) is 3.23. The summed E-state index contributed by atoms with van der Waals surface area (Å²) in [5.41, 5.74) is 2.60. The number of benzene rings is 1. The van der Waals surface area contributed by atoms with Gasteiger partial charge in [0.05, 0.1) is 17.1 Å². The maximum Gasteiger partial charge on any atom is 0.274 e. The van der Waals surface area contributed by atoms with Crippen LogP contribution in [0.3, 0.4) is 0 Å². The molecule has 4 heterocycles. The van der Waals surface area contributed by atoms with Crippen molar-refractivity contribution in [3.63, 3.8) is 0 Å². The third-order valence-corrected chi connectivity index (χ3v) is 8.40. The summed E-state index contributed by atoms with van der Waals surface area (Å²) in [6.45, 7) is 7.17. The minimum absolute atomic E-state index is 0.0441. The minimum atomic E-state index is -0.180. The Morgan fingerprint density at radius 2 is 1.70 bits per heavy atom. The Morgan fingerprint density at radius 1 is 0.919 bits per heavy atom. The van der Waals surface area contributed by atoms with Crippen molar-refractivity contribution >= 4 is 28.9 Å². The van der Waals surface area contributed by atoms with E-state index in [1.54, 1.807) is 9.47 Å². The molecule has 0 radical (unpaired) electrons. The summed E-state index contributed by atoms with van der Waals surface area (Å²) in [4.78, 5) is 33.4. The number of nitrogens with zero attached hydrogens (tertiary/aromatic N) is 4. The first-order chi connectivity index (χ1) is 18.1. The molecule has 3 aliphatic rings. The van der Waals surface area contributed by atoms with Gasteiger partial charge < -0.3 is 19.7 Å². The molecule has 1 N–H and O–H groups in total. The van der Waals surface area contributed by atoms with E-state index in [0.717, 1.165) is 31.1 Å². The van der Waals surface area contributed by atoms with E-state index >= 15 is 0 Å². The van der Waals surface area contributed by atoms with Crippen LogP contribution in [-0.4, -0.2) is 65.4 Å². The van der Waals surface area contributed by atoms with Crippen LogP contribution in [0.4, 0.5) is 17.1 Å². The van der Waals surface area contributed by atoms with Gasteiger partial charge in [-0.25, -0.2) is 0 Å². The van der Waals surface area contributed by atoms with Crippen molar-refractivity contribution in [2.45, 2.75) is 64.2 Å². The van der Waals surface area contributed by atoms with Crippen molar-refractivity contribution in [2.75, 3.05) is 49.5 Å². The number of anilines is 3. The number of hydrogen-bond donors (Lipinski definition) is 1. The van der Waals surface area contributed by atoms with Crippen molar-refractivity contribution in [2.24, 2.45) is 13.0 Å². The molecule has 2 amide bonds. The van der Waals surface area contributed by atoms with Gasteiger partial charge in [-0.1, -0.05) is 25.0 Å². The molecule has 0 bridgehead atoms. The highest BCUT2D eigenvalue weighted by molar-refractivity contribution is 6.17. The number of rotatable bonds is 9. The van der Waals surface area contributed by atoms with E-state index in [1.165, 1.54) is 77.5 Å². The van der Waals surface area contributed by atoms with Crippen LogP contribution in [0.2, 0.25) is 0 Å². The molecule has 2 fully saturated rings. The van der Waals surface area contributed by atoms with Gasteiger partial charge in [0.1, 0.15) is 5.69 Å². The molecule has 1 aromatic heterocycles. The fourth-order valence-electron chi connectivity index (χ4n) is 6.43. The van der Waals surface area contributed by atoms with Crippen molar-refractivity contribution in [1.82, 2.24) is 14.4 Å². The molecule has 2 saturated heterocycles. The lowest BCUT2D eigenvalue weighted by Crippen LogP contribution is -2.36. The number of unbranched alkanes of at least 4 members (excludes halogenated alkanes) is 1. The van der Waals surface area contributed by atoms with E-state index in [9.17, 15) is 9.59 Å². The van der Waals surface area contributed by atoms with Gasteiger partial charge in [-0.15, -0.1) is 0 Å². The zero-order valence-corrected chi connectivity index (χ0v) is 22.5. The number of carbonyl (C=O) groups is 2. The smallest absolute Gasteiger partial charge is 0.274 e. The molecule has 200 valence electrons.